The molecule has 0 saturated carbocycles. The van der Waals surface area contributed by atoms with Gasteiger partial charge in [-0.3, -0.25) is 4.79 Å². The van der Waals surface area contributed by atoms with Gasteiger partial charge in [-0.15, -0.1) is 0 Å². The molecule has 0 spiro atoms. The maximum atomic E-state index is 12.5. The largest absolute Gasteiger partial charge is 0.480 e. The van der Waals surface area contributed by atoms with Crippen LogP contribution in [-0.4, -0.2) is 29.1 Å². The monoisotopic (exact) mass is 416 g/mol. The zero-order valence-corrected chi connectivity index (χ0v) is 17.2. The van der Waals surface area contributed by atoms with E-state index in [1.807, 2.05) is 0 Å². The van der Waals surface area contributed by atoms with Crippen molar-refractivity contribution in [2.75, 3.05) is 0 Å². The standard InChI is InChI=1S/C18H26BrClN2O2/c1-11(24-15-7-6-12(20)8-14(15)19)16(23)21-13-9-17(2,3)22-18(4,5)10-13/h6-8,11,13,22H,9-10H2,1-5H3,(H,21,23)/t11-/m0/s1. The Morgan fingerprint density at radius 1 is 1.33 bits per heavy atom. The molecule has 1 aliphatic heterocycles. The van der Waals surface area contributed by atoms with Gasteiger partial charge in [-0.05, 0) is 81.6 Å². The van der Waals surface area contributed by atoms with Crippen LogP contribution in [0.2, 0.25) is 5.02 Å². The van der Waals surface area contributed by atoms with Crippen LogP contribution in [0.25, 0.3) is 0 Å². The first-order valence-electron chi connectivity index (χ1n) is 8.19. The van der Waals surface area contributed by atoms with Crippen LogP contribution in [0, 0.1) is 0 Å². The van der Waals surface area contributed by atoms with Gasteiger partial charge in [-0.2, -0.15) is 0 Å². The number of nitrogens with one attached hydrogen (secondary N) is 2. The van der Waals surface area contributed by atoms with Gasteiger partial charge in [0, 0.05) is 22.1 Å². The molecule has 1 aromatic rings. The Bertz CT molecular complexity index is 603. The molecule has 1 heterocycles. The third-order valence-corrected chi connectivity index (χ3v) is 4.96. The van der Waals surface area contributed by atoms with Crippen molar-refractivity contribution in [1.82, 2.24) is 10.6 Å². The van der Waals surface area contributed by atoms with Crippen LogP contribution in [0.15, 0.2) is 22.7 Å². The molecule has 0 radical (unpaired) electrons. The summed E-state index contributed by atoms with van der Waals surface area (Å²) < 4.78 is 6.51. The summed E-state index contributed by atoms with van der Waals surface area (Å²) in [5.74, 6) is 0.503. The fourth-order valence-corrected chi connectivity index (χ4v) is 4.33. The Labute approximate surface area is 157 Å². The lowest BCUT2D eigenvalue weighted by Gasteiger charge is -2.46. The number of carbonyl (C=O) groups excluding carboxylic acids is 1. The zero-order chi connectivity index (χ0) is 18.1. The SMILES string of the molecule is C[C@H](Oc1ccc(Cl)cc1Br)C(=O)NC1CC(C)(C)NC(C)(C)C1. The van der Waals surface area contributed by atoms with Crippen molar-refractivity contribution >= 4 is 33.4 Å². The second-order valence-electron chi connectivity index (χ2n) is 7.84. The highest BCUT2D eigenvalue weighted by Crippen LogP contribution is 2.30. The topological polar surface area (TPSA) is 50.4 Å². The number of amides is 1. The van der Waals surface area contributed by atoms with Crippen LogP contribution in [0.5, 0.6) is 5.75 Å². The van der Waals surface area contributed by atoms with Crippen molar-refractivity contribution in [2.45, 2.75) is 70.7 Å². The van der Waals surface area contributed by atoms with Gasteiger partial charge in [0.05, 0.1) is 4.47 Å². The molecule has 0 bridgehead atoms. The molecular formula is C18H26BrClN2O2. The van der Waals surface area contributed by atoms with Crippen molar-refractivity contribution in [3.8, 4) is 5.75 Å². The summed E-state index contributed by atoms with van der Waals surface area (Å²) in [7, 11) is 0. The molecule has 1 fully saturated rings. The maximum Gasteiger partial charge on any atom is 0.260 e. The number of benzene rings is 1. The van der Waals surface area contributed by atoms with E-state index in [0.29, 0.717) is 10.8 Å². The molecule has 4 nitrogen and oxygen atoms in total. The Hall–Kier alpha value is -0.780. The number of hydrogen-bond acceptors (Lipinski definition) is 3. The first kappa shape index (κ1) is 19.5. The van der Waals surface area contributed by atoms with Crippen molar-refractivity contribution in [1.29, 1.82) is 0 Å². The van der Waals surface area contributed by atoms with Gasteiger partial charge in [-0.25, -0.2) is 0 Å². The highest BCUT2D eigenvalue weighted by Gasteiger charge is 2.38. The predicted octanol–water partition coefficient (Wildman–Crippen LogP) is 4.30. The van der Waals surface area contributed by atoms with E-state index in [2.05, 4.69) is 54.3 Å². The van der Waals surface area contributed by atoms with Crippen LogP contribution in [0.1, 0.15) is 47.5 Å². The minimum absolute atomic E-state index is 0.0109. The maximum absolute atomic E-state index is 12.5. The number of carbonyl (C=O) groups is 1. The van der Waals surface area contributed by atoms with E-state index in [9.17, 15) is 4.79 Å². The quantitative estimate of drug-likeness (QED) is 0.768. The minimum Gasteiger partial charge on any atom is -0.480 e. The molecular weight excluding hydrogens is 392 g/mol. The van der Waals surface area contributed by atoms with Crippen LogP contribution >= 0.6 is 27.5 Å². The summed E-state index contributed by atoms with van der Waals surface area (Å²) in [6, 6.07) is 5.37. The van der Waals surface area contributed by atoms with Crippen LogP contribution in [0.3, 0.4) is 0 Å². The third-order valence-electron chi connectivity index (χ3n) is 4.10. The second kappa shape index (κ2) is 7.22. The van der Waals surface area contributed by atoms with E-state index >= 15 is 0 Å². The highest BCUT2D eigenvalue weighted by molar-refractivity contribution is 9.10. The van der Waals surface area contributed by atoms with E-state index in [1.54, 1.807) is 25.1 Å². The smallest absolute Gasteiger partial charge is 0.260 e. The van der Waals surface area contributed by atoms with Gasteiger partial charge in [0.2, 0.25) is 0 Å². The number of ether oxygens (including phenoxy) is 1. The van der Waals surface area contributed by atoms with Crippen LogP contribution in [0.4, 0.5) is 0 Å². The van der Waals surface area contributed by atoms with E-state index in [1.165, 1.54) is 0 Å². The fraction of sp³-hybridized carbons (Fsp3) is 0.611. The lowest BCUT2D eigenvalue weighted by molar-refractivity contribution is -0.128. The van der Waals surface area contributed by atoms with Crippen molar-refractivity contribution < 1.29 is 9.53 Å². The molecule has 6 heteroatoms. The molecule has 1 aromatic carbocycles. The molecule has 1 amide bonds. The molecule has 1 saturated heterocycles. The molecule has 1 aliphatic rings. The molecule has 2 N–H and O–H groups in total. The van der Waals surface area contributed by atoms with Gasteiger partial charge < -0.3 is 15.4 Å². The van der Waals surface area contributed by atoms with E-state index in [4.69, 9.17) is 16.3 Å². The number of piperidine rings is 1. The third kappa shape index (κ3) is 5.36. The van der Waals surface area contributed by atoms with Gasteiger partial charge >= 0.3 is 0 Å². The summed E-state index contributed by atoms with van der Waals surface area (Å²) >= 11 is 9.33. The average molecular weight is 418 g/mol. The highest BCUT2D eigenvalue weighted by atomic mass is 79.9. The van der Waals surface area contributed by atoms with Gasteiger partial charge in [-0.1, -0.05) is 11.6 Å². The fourth-order valence-electron chi connectivity index (χ4n) is 3.56. The number of hydrogen-bond donors (Lipinski definition) is 2. The second-order valence-corrected chi connectivity index (χ2v) is 9.13. The molecule has 134 valence electrons. The zero-order valence-electron chi connectivity index (χ0n) is 14.9. The van der Waals surface area contributed by atoms with E-state index < -0.39 is 6.10 Å². The van der Waals surface area contributed by atoms with Gasteiger partial charge in [0.1, 0.15) is 5.75 Å². The summed E-state index contributed by atoms with van der Waals surface area (Å²) in [5.41, 5.74) is -0.0218. The molecule has 0 aromatic heterocycles. The lowest BCUT2D eigenvalue weighted by Crippen LogP contribution is -2.62. The Morgan fingerprint density at radius 3 is 2.46 bits per heavy atom. The van der Waals surface area contributed by atoms with Crippen LogP contribution < -0.4 is 15.4 Å². The first-order valence-corrected chi connectivity index (χ1v) is 9.36. The van der Waals surface area contributed by atoms with Gasteiger partial charge in [0.15, 0.2) is 6.10 Å². The van der Waals surface area contributed by atoms with Crippen molar-refractivity contribution in [2.24, 2.45) is 0 Å². The molecule has 0 unspecified atom stereocenters. The lowest BCUT2D eigenvalue weighted by atomic mass is 9.79. The normalized spacial score (nSPS) is 21.1. The molecule has 0 aliphatic carbocycles. The number of rotatable bonds is 4. The Balaban J connectivity index is 1.98. The number of halogens is 2. The molecule has 1 atom stereocenters. The summed E-state index contributed by atoms with van der Waals surface area (Å²) in [6.45, 7) is 10.4. The Morgan fingerprint density at radius 2 is 1.92 bits per heavy atom. The van der Waals surface area contributed by atoms with Crippen molar-refractivity contribution in [3.05, 3.63) is 27.7 Å². The van der Waals surface area contributed by atoms with Gasteiger partial charge in [0.25, 0.3) is 5.91 Å². The molecule has 24 heavy (non-hydrogen) atoms. The van der Waals surface area contributed by atoms with Crippen molar-refractivity contribution in [3.63, 3.8) is 0 Å². The predicted molar refractivity (Wildman–Crippen MR) is 102 cm³/mol. The summed E-state index contributed by atoms with van der Waals surface area (Å²) in [5, 5.41) is 7.37. The Kier molecular flexibility index (Phi) is 5.88. The first-order chi connectivity index (χ1) is 11.0. The minimum atomic E-state index is -0.580. The average Bonchev–Trinajstić information content (AvgIpc) is 2.38. The van der Waals surface area contributed by atoms with Crippen LogP contribution in [-0.2, 0) is 4.79 Å². The van der Waals surface area contributed by atoms with E-state index in [-0.39, 0.29) is 23.0 Å². The van der Waals surface area contributed by atoms with E-state index in [0.717, 1.165) is 17.3 Å². The molecule has 2 rings (SSSR count). The summed E-state index contributed by atoms with van der Waals surface area (Å²) in [4.78, 5) is 12.5. The summed E-state index contributed by atoms with van der Waals surface area (Å²) in [6.07, 6.45) is 1.20.